The fraction of sp³-hybridized carbons (Fsp3) is 0.533. The van der Waals surface area contributed by atoms with E-state index in [1.54, 1.807) is 23.1 Å². The molecule has 1 aromatic rings. The number of hydrogen-bond acceptors (Lipinski definition) is 5. The minimum atomic E-state index is -0.421. The number of ether oxygens (including phenoxy) is 1. The standard InChI is InChI=1S/C15H20O3S2/c1-15(2,3)18-14(17)11-19-10-13-8-12(9-20-13)6-4-5-7-16/h8-9,16H,5,7,10-11H2,1-3H3. The molecule has 3 nitrogen and oxygen atoms in total. The number of hydrogen-bond donors (Lipinski definition) is 1. The Bertz CT molecular complexity index is 489. The predicted molar refractivity (Wildman–Crippen MR) is 84.9 cm³/mol. The van der Waals surface area contributed by atoms with Gasteiger partial charge in [-0.1, -0.05) is 11.8 Å². The summed E-state index contributed by atoms with van der Waals surface area (Å²) in [5.41, 5.74) is 0.548. The van der Waals surface area contributed by atoms with Gasteiger partial charge in [0.2, 0.25) is 0 Å². The zero-order valence-electron chi connectivity index (χ0n) is 12.1. The van der Waals surface area contributed by atoms with Crippen molar-refractivity contribution in [3.8, 4) is 11.8 Å². The molecular formula is C15H20O3S2. The van der Waals surface area contributed by atoms with Crippen molar-refractivity contribution in [2.45, 2.75) is 38.5 Å². The van der Waals surface area contributed by atoms with E-state index in [4.69, 9.17) is 9.84 Å². The SMILES string of the molecule is CC(C)(C)OC(=O)CSCc1cc(C#CCCO)cs1. The van der Waals surface area contributed by atoms with Gasteiger partial charge in [-0.15, -0.1) is 23.1 Å². The largest absolute Gasteiger partial charge is 0.459 e. The topological polar surface area (TPSA) is 46.5 Å². The van der Waals surface area contributed by atoms with Crippen molar-refractivity contribution in [1.29, 1.82) is 0 Å². The number of rotatable bonds is 5. The van der Waals surface area contributed by atoms with Gasteiger partial charge in [-0.2, -0.15) is 0 Å². The lowest BCUT2D eigenvalue weighted by atomic mass is 10.2. The number of aliphatic hydroxyl groups excluding tert-OH is 1. The van der Waals surface area contributed by atoms with Crippen molar-refractivity contribution in [3.63, 3.8) is 0 Å². The molecule has 0 amide bonds. The zero-order chi connectivity index (χ0) is 15.0. The monoisotopic (exact) mass is 312 g/mol. The van der Waals surface area contributed by atoms with E-state index in [2.05, 4.69) is 11.8 Å². The highest BCUT2D eigenvalue weighted by Crippen LogP contribution is 2.20. The molecule has 0 aromatic carbocycles. The molecule has 0 aliphatic rings. The highest BCUT2D eigenvalue weighted by Gasteiger charge is 2.15. The molecule has 0 aliphatic carbocycles. The molecule has 0 saturated carbocycles. The lowest BCUT2D eigenvalue weighted by Gasteiger charge is -2.19. The van der Waals surface area contributed by atoms with Crippen molar-refractivity contribution in [1.82, 2.24) is 0 Å². The Morgan fingerprint density at radius 2 is 2.25 bits per heavy atom. The van der Waals surface area contributed by atoms with E-state index < -0.39 is 5.60 Å². The van der Waals surface area contributed by atoms with Gasteiger partial charge in [-0.05, 0) is 26.8 Å². The third-order valence-electron chi connectivity index (χ3n) is 2.01. The molecule has 0 radical (unpaired) electrons. The van der Waals surface area contributed by atoms with Crippen LogP contribution in [0.2, 0.25) is 0 Å². The van der Waals surface area contributed by atoms with Crippen molar-refractivity contribution in [2.75, 3.05) is 12.4 Å². The molecule has 20 heavy (non-hydrogen) atoms. The molecule has 0 fully saturated rings. The molecule has 0 aliphatic heterocycles. The molecular weight excluding hydrogens is 292 g/mol. The Balaban J connectivity index is 2.33. The van der Waals surface area contributed by atoms with Gasteiger partial charge in [0.05, 0.1) is 12.4 Å². The van der Waals surface area contributed by atoms with E-state index >= 15 is 0 Å². The molecule has 0 spiro atoms. The first-order valence-electron chi connectivity index (χ1n) is 6.37. The summed E-state index contributed by atoms with van der Waals surface area (Å²) in [6.45, 7) is 5.69. The van der Waals surface area contributed by atoms with Crippen LogP contribution in [0.3, 0.4) is 0 Å². The average Bonchev–Trinajstić information content (AvgIpc) is 2.75. The van der Waals surface area contributed by atoms with Crippen molar-refractivity contribution < 1.29 is 14.6 Å². The number of aliphatic hydroxyl groups is 1. The fourth-order valence-electron chi connectivity index (χ4n) is 1.35. The first-order valence-corrected chi connectivity index (χ1v) is 8.41. The van der Waals surface area contributed by atoms with Crippen LogP contribution < -0.4 is 0 Å². The summed E-state index contributed by atoms with van der Waals surface area (Å²) in [7, 11) is 0. The maximum absolute atomic E-state index is 11.5. The van der Waals surface area contributed by atoms with E-state index in [0.29, 0.717) is 12.2 Å². The maximum atomic E-state index is 11.5. The minimum Gasteiger partial charge on any atom is -0.459 e. The lowest BCUT2D eigenvalue weighted by molar-refractivity contribution is -0.151. The molecule has 110 valence electrons. The van der Waals surface area contributed by atoms with E-state index in [0.717, 1.165) is 11.3 Å². The first kappa shape index (κ1) is 17.1. The molecule has 1 heterocycles. The summed E-state index contributed by atoms with van der Waals surface area (Å²) in [5, 5.41) is 10.6. The smallest absolute Gasteiger partial charge is 0.316 e. The normalized spacial score (nSPS) is 10.8. The summed E-state index contributed by atoms with van der Waals surface area (Å²) >= 11 is 3.18. The minimum absolute atomic E-state index is 0.0930. The number of carbonyl (C=O) groups excluding carboxylic acids is 1. The van der Waals surface area contributed by atoms with Gasteiger partial charge >= 0.3 is 5.97 Å². The molecule has 1 N–H and O–H groups in total. The van der Waals surface area contributed by atoms with Crippen LogP contribution in [0.1, 0.15) is 37.6 Å². The van der Waals surface area contributed by atoms with Crippen LogP contribution >= 0.6 is 23.1 Å². The number of thiophene rings is 1. The molecule has 0 saturated heterocycles. The van der Waals surface area contributed by atoms with Gasteiger partial charge in [0.1, 0.15) is 5.60 Å². The molecule has 5 heteroatoms. The van der Waals surface area contributed by atoms with Crippen LogP contribution in [-0.4, -0.2) is 29.0 Å². The van der Waals surface area contributed by atoms with Crippen LogP contribution in [0.4, 0.5) is 0 Å². The second-order valence-electron chi connectivity index (χ2n) is 5.16. The van der Waals surface area contributed by atoms with Gasteiger partial charge < -0.3 is 9.84 Å². The van der Waals surface area contributed by atoms with Gasteiger partial charge in [0, 0.05) is 28.0 Å². The second-order valence-corrected chi connectivity index (χ2v) is 7.14. The fourth-order valence-corrected chi connectivity index (χ4v) is 3.08. The summed E-state index contributed by atoms with van der Waals surface area (Å²) in [4.78, 5) is 12.7. The Labute approximate surface area is 128 Å². The molecule has 1 rings (SSSR count). The highest BCUT2D eigenvalue weighted by molar-refractivity contribution is 7.99. The highest BCUT2D eigenvalue weighted by atomic mass is 32.2. The molecule has 0 unspecified atom stereocenters. The summed E-state index contributed by atoms with van der Waals surface area (Å²) in [6, 6.07) is 2.02. The van der Waals surface area contributed by atoms with Crippen molar-refractivity contribution in [2.24, 2.45) is 0 Å². The quantitative estimate of drug-likeness (QED) is 0.670. The van der Waals surface area contributed by atoms with Crippen LogP contribution in [0.25, 0.3) is 0 Å². The van der Waals surface area contributed by atoms with E-state index in [9.17, 15) is 4.79 Å². The third kappa shape index (κ3) is 7.59. The number of esters is 1. The Kier molecular flexibility index (Phi) is 7.14. The Morgan fingerprint density at radius 3 is 2.90 bits per heavy atom. The number of thioether (sulfide) groups is 1. The second kappa shape index (κ2) is 8.35. The Hall–Kier alpha value is -0.960. The number of carbonyl (C=O) groups is 1. The van der Waals surface area contributed by atoms with Gasteiger partial charge in [-0.25, -0.2) is 0 Å². The lowest BCUT2D eigenvalue weighted by Crippen LogP contribution is -2.24. The van der Waals surface area contributed by atoms with E-state index in [1.807, 2.05) is 32.2 Å². The van der Waals surface area contributed by atoms with Gasteiger partial charge in [-0.3, -0.25) is 4.79 Å². The van der Waals surface area contributed by atoms with Crippen molar-refractivity contribution in [3.05, 3.63) is 21.9 Å². The van der Waals surface area contributed by atoms with E-state index in [-0.39, 0.29) is 12.6 Å². The molecule has 1 aromatic heterocycles. The van der Waals surface area contributed by atoms with Crippen molar-refractivity contribution >= 4 is 29.1 Å². The van der Waals surface area contributed by atoms with E-state index in [1.165, 1.54) is 4.88 Å². The molecule has 0 atom stereocenters. The maximum Gasteiger partial charge on any atom is 0.316 e. The summed E-state index contributed by atoms with van der Waals surface area (Å²) < 4.78 is 5.24. The predicted octanol–water partition coefficient (Wildman–Crippen LogP) is 3.06. The van der Waals surface area contributed by atoms with Crippen LogP contribution in [0.5, 0.6) is 0 Å². The van der Waals surface area contributed by atoms with Crippen LogP contribution in [-0.2, 0) is 15.3 Å². The summed E-state index contributed by atoms with van der Waals surface area (Å²) in [6.07, 6.45) is 0.499. The Morgan fingerprint density at radius 1 is 1.50 bits per heavy atom. The van der Waals surface area contributed by atoms with Crippen LogP contribution in [0, 0.1) is 11.8 Å². The third-order valence-corrected chi connectivity index (χ3v) is 4.08. The van der Waals surface area contributed by atoms with Crippen LogP contribution in [0.15, 0.2) is 11.4 Å². The van der Waals surface area contributed by atoms with Gasteiger partial charge in [0.25, 0.3) is 0 Å². The molecule has 0 bridgehead atoms. The first-order chi connectivity index (χ1) is 9.40. The van der Waals surface area contributed by atoms with Gasteiger partial charge in [0.15, 0.2) is 0 Å². The summed E-state index contributed by atoms with van der Waals surface area (Å²) in [5.74, 6) is 6.85. The zero-order valence-corrected chi connectivity index (χ0v) is 13.7. The average molecular weight is 312 g/mol.